The van der Waals surface area contributed by atoms with Crippen molar-refractivity contribution in [1.29, 1.82) is 0 Å². The van der Waals surface area contributed by atoms with E-state index in [4.69, 9.17) is 11.5 Å². The van der Waals surface area contributed by atoms with E-state index in [2.05, 4.69) is 78.8 Å². The topological polar surface area (TPSA) is 76.1 Å². The van der Waals surface area contributed by atoms with Crippen molar-refractivity contribution in [3.05, 3.63) is 25.8 Å². The van der Waals surface area contributed by atoms with E-state index in [1.54, 1.807) is 31.8 Å². The molecule has 0 aromatic carbocycles. The van der Waals surface area contributed by atoms with Crippen LogP contribution in [0.3, 0.4) is 0 Å². The van der Waals surface area contributed by atoms with E-state index in [-0.39, 0.29) is 0 Å². The molecule has 318 valence electrons. The first-order valence-corrected chi connectivity index (χ1v) is 23.4. The summed E-state index contributed by atoms with van der Waals surface area (Å²) >= 11 is 0. The molecule has 4 nitrogen and oxygen atoms in total. The lowest BCUT2D eigenvalue weighted by Gasteiger charge is -2.62. The molecule has 10 unspecified atom stereocenters. The zero-order chi connectivity index (χ0) is 40.9. The van der Waals surface area contributed by atoms with Gasteiger partial charge in [0.1, 0.15) is 0 Å². The molecule has 4 heteroatoms. The number of hydrogen-bond acceptors (Lipinski definition) is 4. The second-order valence-electron chi connectivity index (χ2n) is 17.8. The van der Waals surface area contributed by atoms with Crippen LogP contribution in [0, 0.1) is 64.1 Å². The third-order valence-electron chi connectivity index (χ3n) is 13.8. The maximum atomic E-state index is 5.40. The monoisotopic (exact) mass is 747 g/mol. The minimum absolute atomic E-state index is 0.647. The molecule has 6 N–H and O–H groups in total. The summed E-state index contributed by atoms with van der Waals surface area (Å²) in [6, 6.07) is 0. The number of rotatable bonds is 17. The van der Waals surface area contributed by atoms with Gasteiger partial charge in [0, 0.05) is 0 Å². The van der Waals surface area contributed by atoms with Crippen molar-refractivity contribution in [3.63, 3.8) is 0 Å². The lowest BCUT2D eigenvalue weighted by Crippen LogP contribution is -2.55. The van der Waals surface area contributed by atoms with E-state index in [9.17, 15) is 0 Å². The van der Waals surface area contributed by atoms with E-state index in [1.807, 2.05) is 34.6 Å². The summed E-state index contributed by atoms with van der Waals surface area (Å²) < 4.78 is 0. The van der Waals surface area contributed by atoms with Gasteiger partial charge < -0.3 is 22.1 Å². The first-order valence-electron chi connectivity index (χ1n) is 23.4. The Balaban J connectivity index is 0. The Hall–Kier alpha value is -0.680. The maximum absolute atomic E-state index is 5.40. The molecule has 0 bridgehead atoms. The quantitative estimate of drug-likeness (QED) is 0.0883. The van der Waals surface area contributed by atoms with Crippen LogP contribution < -0.4 is 22.1 Å². The van der Waals surface area contributed by atoms with Crippen molar-refractivity contribution in [2.75, 3.05) is 39.3 Å². The highest BCUT2D eigenvalue weighted by Gasteiger charge is 2.62. The molecule has 0 saturated heterocycles. The van der Waals surface area contributed by atoms with Crippen LogP contribution in [-0.4, -0.2) is 39.3 Å². The third-order valence-corrected chi connectivity index (χ3v) is 13.8. The largest absolute Gasteiger partial charge is 0.330 e. The van der Waals surface area contributed by atoms with Crippen LogP contribution in [-0.2, 0) is 0 Å². The van der Waals surface area contributed by atoms with Crippen LogP contribution in [0.5, 0.6) is 0 Å². The summed E-state index contributed by atoms with van der Waals surface area (Å²) in [6.45, 7) is 43.4. The Kier molecular flexibility index (Phi) is 33.3. The van der Waals surface area contributed by atoms with Crippen molar-refractivity contribution in [2.45, 2.75) is 186 Å². The van der Waals surface area contributed by atoms with Gasteiger partial charge in [-0.05, 0) is 181 Å². The van der Waals surface area contributed by atoms with Gasteiger partial charge in [0.25, 0.3) is 0 Å². The summed E-state index contributed by atoms with van der Waals surface area (Å²) in [6.07, 6.45) is 24.3. The van der Waals surface area contributed by atoms with Crippen molar-refractivity contribution in [3.8, 4) is 0 Å². The smallest absolute Gasteiger partial charge is 0.00368 e. The molecule has 0 aliphatic heterocycles. The van der Waals surface area contributed by atoms with Crippen LogP contribution in [0.4, 0.5) is 0 Å². The fourth-order valence-corrected chi connectivity index (χ4v) is 11.8. The Morgan fingerprint density at radius 2 is 1.09 bits per heavy atom. The lowest BCUT2D eigenvalue weighted by atomic mass is 9.42. The number of nitrogens with one attached hydrogen (secondary N) is 2. The Bertz CT molecular complexity index is 817. The molecule has 4 rings (SSSR count). The molecule has 4 aliphatic rings. The standard InChI is InChI=1S/C29H52.C11H28N4.C3H6.2C2H6.C2H4/c1-19(2)10-8-11-21(4)27-22(5)18-29(7)25-14-13-23-20(3)12-9-17-28(23,6)24(25)15-16-26(27)29;12-6-1-3-8-14-10-5-11-15-9-4-2-7-13;1-3-2;3*1-2/h19-27H,8-18H2,1-7H3;14-15H,1-13H2;3H,1H2,2H3;2*1-2H3;1-2H2. The SMILES string of the molecule is C=C.C=CC.CC.CC.CC(C)CCCC(C)C1C(C)CC2(C)C1CCC1C2CCC2C(C)CCCC21C.NCCCCNCCCNCCCCN. The zero-order valence-electron chi connectivity index (χ0n) is 38.6. The fourth-order valence-electron chi connectivity index (χ4n) is 11.8. The van der Waals surface area contributed by atoms with Crippen LogP contribution in [0.15, 0.2) is 25.8 Å². The van der Waals surface area contributed by atoms with Crippen LogP contribution in [0.25, 0.3) is 0 Å². The summed E-state index contributed by atoms with van der Waals surface area (Å²) in [5, 5.41) is 6.81. The molecule has 4 fully saturated rings. The summed E-state index contributed by atoms with van der Waals surface area (Å²) in [5.74, 6) is 8.87. The Morgan fingerprint density at radius 3 is 1.58 bits per heavy atom. The van der Waals surface area contributed by atoms with Gasteiger partial charge in [0.05, 0.1) is 0 Å². The van der Waals surface area contributed by atoms with Crippen LogP contribution in [0.1, 0.15) is 186 Å². The van der Waals surface area contributed by atoms with Gasteiger partial charge in [-0.15, -0.1) is 19.7 Å². The first kappa shape index (κ1) is 54.4. The number of unbranched alkanes of at least 4 members (excludes halogenated alkanes) is 2. The molecular formula is C49H102N4. The predicted octanol–water partition coefficient (Wildman–Crippen LogP) is 13.1. The highest BCUT2D eigenvalue weighted by atomic mass is 14.9. The van der Waals surface area contributed by atoms with E-state index in [0.717, 1.165) is 105 Å². The predicted molar refractivity (Wildman–Crippen MR) is 244 cm³/mol. The van der Waals surface area contributed by atoms with Crippen molar-refractivity contribution in [2.24, 2.45) is 75.6 Å². The molecule has 4 saturated carbocycles. The lowest BCUT2D eigenvalue weighted by molar-refractivity contribution is -0.136. The van der Waals surface area contributed by atoms with Gasteiger partial charge in [-0.1, -0.05) is 114 Å². The average molecular weight is 747 g/mol. The van der Waals surface area contributed by atoms with E-state index < -0.39 is 0 Å². The number of hydrogen-bond donors (Lipinski definition) is 4. The highest BCUT2D eigenvalue weighted by Crippen LogP contribution is 2.70. The van der Waals surface area contributed by atoms with Crippen molar-refractivity contribution >= 4 is 0 Å². The molecule has 0 radical (unpaired) electrons. The molecule has 0 aromatic heterocycles. The van der Waals surface area contributed by atoms with Crippen molar-refractivity contribution < 1.29 is 0 Å². The molecule has 53 heavy (non-hydrogen) atoms. The van der Waals surface area contributed by atoms with Gasteiger partial charge in [-0.25, -0.2) is 0 Å². The molecule has 0 aromatic rings. The number of nitrogens with two attached hydrogens (primary N) is 2. The Morgan fingerprint density at radius 1 is 0.642 bits per heavy atom. The third kappa shape index (κ3) is 18.0. The molecule has 0 amide bonds. The molecule has 0 heterocycles. The second-order valence-corrected chi connectivity index (χ2v) is 17.8. The number of allylic oxidation sites excluding steroid dienone is 1. The Labute approximate surface area is 336 Å². The highest BCUT2D eigenvalue weighted by molar-refractivity contribution is 5.11. The van der Waals surface area contributed by atoms with Gasteiger partial charge in [0.2, 0.25) is 0 Å². The summed E-state index contributed by atoms with van der Waals surface area (Å²) in [5.41, 5.74) is 12.1. The summed E-state index contributed by atoms with van der Waals surface area (Å²) in [7, 11) is 0. The van der Waals surface area contributed by atoms with Gasteiger partial charge >= 0.3 is 0 Å². The van der Waals surface area contributed by atoms with E-state index in [1.165, 1.54) is 64.2 Å². The normalized spacial score (nSPS) is 31.3. The zero-order valence-corrected chi connectivity index (χ0v) is 38.6. The molecule has 4 aliphatic carbocycles. The van der Waals surface area contributed by atoms with Crippen LogP contribution in [0.2, 0.25) is 0 Å². The maximum Gasteiger partial charge on any atom is -0.00368 e. The minimum Gasteiger partial charge on any atom is -0.330 e. The first-order chi connectivity index (χ1) is 25.5. The average Bonchev–Trinajstić information content (AvgIpc) is 3.43. The van der Waals surface area contributed by atoms with Crippen LogP contribution >= 0.6 is 0 Å². The van der Waals surface area contributed by atoms with Gasteiger partial charge in [-0.2, -0.15) is 0 Å². The fraction of sp³-hybridized carbons (Fsp3) is 0.918. The van der Waals surface area contributed by atoms with Crippen molar-refractivity contribution in [1.82, 2.24) is 10.6 Å². The minimum atomic E-state index is 0.647. The number of fused-ring (bicyclic) bond motifs is 5. The second kappa shape index (κ2) is 32.4. The molecule has 10 atom stereocenters. The van der Waals surface area contributed by atoms with Gasteiger partial charge in [-0.3, -0.25) is 0 Å². The molecular weight excluding hydrogens is 645 g/mol. The van der Waals surface area contributed by atoms with Gasteiger partial charge in [0.15, 0.2) is 0 Å². The summed E-state index contributed by atoms with van der Waals surface area (Å²) in [4.78, 5) is 0. The van der Waals surface area contributed by atoms with E-state index in [0.29, 0.717) is 10.8 Å². The molecule has 0 spiro atoms. The van der Waals surface area contributed by atoms with E-state index >= 15 is 0 Å².